The van der Waals surface area contributed by atoms with Gasteiger partial charge >= 0.3 is 5.69 Å². The lowest BCUT2D eigenvalue weighted by molar-refractivity contribution is -0.133. The Morgan fingerprint density at radius 3 is 2.26 bits per heavy atom. The van der Waals surface area contributed by atoms with E-state index in [2.05, 4.69) is 17.0 Å². The molecule has 2 aromatic carbocycles. The molecule has 0 spiro atoms. The Morgan fingerprint density at radius 1 is 0.794 bits per heavy atom. The van der Waals surface area contributed by atoms with E-state index in [9.17, 15) is 14.4 Å². The van der Waals surface area contributed by atoms with Gasteiger partial charge in [-0.05, 0) is 29.8 Å². The van der Waals surface area contributed by atoms with E-state index < -0.39 is 11.2 Å². The number of hydrogen-bond acceptors (Lipinski definition) is 5. The number of benzene rings is 2. The van der Waals surface area contributed by atoms with Crippen LogP contribution in [0.15, 0.2) is 87.0 Å². The number of para-hydroxylation sites is 1. The fraction of sp³-hybridized carbons (Fsp3) is 0.269. The van der Waals surface area contributed by atoms with Gasteiger partial charge in [0.1, 0.15) is 12.3 Å². The highest BCUT2D eigenvalue weighted by molar-refractivity contribution is 5.81. The number of piperazine rings is 1. The molecule has 0 atom stereocenters. The zero-order valence-electron chi connectivity index (χ0n) is 18.8. The van der Waals surface area contributed by atoms with Crippen LogP contribution in [-0.4, -0.2) is 51.0 Å². The fourth-order valence-electron chi connectivity index (χ4n) is 4.45. The Balaban J connectivity index is 1.36. The summed E-state index contributed by atoms with van der Waals surface area (Å²) < 4.78 is 7.87. The summed E-state index contributed by atoms with van der Waals surface area (Å²) in [6, 6.07) is 20.6. The van der Waals surface area contributed by atoms with E-state index in [0.717, 1.165) is 24.2 Å². The first-order chi connectivity index (χ1) is 16.6. The molecule has 8 nitrogen and oxygen atoms in total. The number of carbonyl (C=O) groups excluding carboxylic acids is 1. The van der Waals surface area contributed by atoms with Gasteiger partial charge in [0, 0.05) is 32.7 Å². The lowest BCUT2D eigenvalue weighted by atomic mass is 10.2. The van der Waals surface area contributed by atoms with Gasteiger partial charge < -0.3 is 9.32 Å². The highest BCUT2D eigenvalue weighted by Gasteiger charge is 2.23. The van der Waals surface area contributed by atoms with E-state index in [-0.39, 0.29) is 19.0 Å². The van der Waals surface area contributed by atoms with Crippen molar-refractivity contribution in [1.82, 2.24) is 18.9 Å². The Morgan fingerprint density at radius 2 is 1.53 bits per heavy atom. The SMILES string of the molecule is O=C(Cn1c(=O)n(Cc2ccco2)c(=O)c2ccccc21)N1CCN(Cc2ccccc2)CC1. The topological polar surface area (TPSA) is 80.7 Å². The van der Waals surface area contributed by atoms with Crippen LogP contribution in [0, 0.1) is 0 Å². The van der Waals surface area contributed by atoms with Crippen molar-refractivity contribution in [2.75, 3.05) is 26.2 Å². The van der Waals surface area contributed by atoms with Gasteiger partial charge in [0.15, 0.2) is 0 Å². The van der Waals surface area contributed by atoms with Crippen molar-refractivity contribution < 1.29 is 9.21 Å². The molecule has 1 aliphatic heterocycles. The van der Waals surface area contributed by atoms with Crippen LogP contribution in [0.4, 0.5) is 0 Å². The largest absolute Gasteiger partial charge is 0.467 e. The molecule has 1 fully saturated rings. The standard InChI is InChI=1S/C26H26N4O4/c31-24(28-14-12-27(13-15-28)17-20-7-2-1-3-8-20)19-29-23-11-5-4-10-22(23)25(32)30(26(29)33)18-21-9-6-16-34-21/h1-11,16H,12-15,17-19H2. The summed E-state index contributed by atoms with van der Waals surface area (Å²) in [6.45, 7) is 3.50. The molecule has 1 aliphatic rings. The molecule has 1 saturated heterocycles. The van der Waals surface area contributed by atoms with Gasteiger partial charge in [0.25, 0.3) is 5.56 Å². The molecule has 2 aromatic heterocycles. The number of fused-ring (bicyclic) bond motifs is 1. The maximum atomic E-state index is 13.3. The number of amides is 1. The van der Waals surface area contributed by atoms with Crippen LogP contribution in [0.1, 0.15) is 11.3 Å². The van der Waals surface area contributed by atoms with Gasteiger partial charge in [-0.2, -0.15) is 0 Å². The summed E-state index contributed by atoms with van der Waals surface area (Å²) >= 11 is 0. The minimum absolute atomic E-state index is 0.0157. The number of furan rings is 1. The minimum Gasteiger partial charge on any atom is -0.467 e. The van der Waals surface area contributed by atoms with Crippen LogP contribution >= 0.6 is 0 Å². The van der Waals surface area contributed by atoms with Gasteiger partial charge in [-0.25, -0.2) is 4.79 Å². The van der Waals surface area contributed by atoms with Crippen molar-refractivity contribution in [3.8, 4) is 0 Å². The Bertz CT molecular complexity index is 1400. The maximum Gasteiger partial charge on any atom is 0.332 e. The van der Waals surface area contributed by atoms with Crippen molar-refractivity contribution in [1.29, 1.82) is 0 Å². The summed E-state index contributed by atoms with van der Waals surface area (Å²) in [5.41, 5.74) is 0.801. The zero-order chi connectivity index (χ0) is 23.5. The van der Waals surface area contributed by atoms with Crippen LogP contribution in [0.3, 0.4) is 0 Å². The second kappa shape index (κ2) is 9.52. The monoisotopic (exact) mass is 458 g/mol. The molecule has 8 heteroatoms. The Hall–Kier alpha value is -3.91. The quantitative estimate of drug-likeness (QED) is 0.442. The molecule has 1 amide bonds. The summed E-state index contributed by atoms with van der Waals surface area (Å²) in [4.78, 5) is 43.6. The third-order valence-electron chi connectivity index (χ3n) is 6.29. The Labute approximate surface area is 196 Å². The van der Waals surface area contributed by atoms with Crippen molar-refractivity contribution in [2.45, 2.75) is 19.6 Å². The number of aromatic nitrogens is 2. The molecule has 0 radical (unpaired) electrons. The van der Waals surface area contributed by atoms with Crippen molar-refractivity contribution >= 4 is 16.8 Å². The number of rotatable bonds is 6. The van der Waals surface area contributed by atoms with E-state index in [4.69, 9.17) is 4.42 Å². The molecule has 174 valence electrons. The average Bonchev–Trinajstić information content (AvgIpc) is 3.39. The second-order valence-electron chi connectivity index (χ2n) is 8.50. The fourth-order valence-corrected chi connectivity index (χ4v) is 4.45. The molecule has 4 aromatic rings. The number of hydrogen-bond donors (Lipinski definition) is 0. The van der Waals surface area contributed by atoms with E-state index in [0.29, 0.717) is 29.8 Å². The molecule has 34 heavy (non-hydrogen) atoms. The zero-order valence-corrected chi connectivity index (χ0v) is 18.8. The predicted octanol–water partition coefficient (Wildman–Crippen LogP) is 2.15. The highest BCUT2D eigenvalue weighted by Crippen LogP contribution is 2.12. The molecule has 0 unspecified atom stereocenters. The predicted molar refractivity (Wildman–Crippen MR) is 129 cm³/mol. The second-order valence-corrected chi connectivity index (χ2v) is 8.50. The molecule has 3 heterocycles. The van der Waals surface area contributed by atoms with Gasteiger partial charge in [-0.1, -0.05) is 42.5 Å². The normalized spacial score (nSPS) is 14.5. The molecular weight excluding hydrogens is 432 g/mol. The lowest BCUT2D eigenvalue weighted by Gasteiger charge is -2.35. The molecular formula is C26H26N4O4. The first-order valence-electron chi connectivity index (χ1n) is 11.4. The van der Waals surface area contributed by atoms with Crippen LogP contribution < -0.4 is 11.2 Å². The first-order valence-corrected chi connectivity index (χ1v) is 11.4. The first kappa shape index (κ1) is 21.9. The third kappa shape index (κ3) is 4.45. The van der Waals surface area contributed by atoms with Gasteiger partial charge in [0.05, 0.1) is 23.7 Å². The summed E-state index contributed by atoms with van der Waals surface area (Å²) in [7, 11) is 0. The van der Waals surface area contributed by atoms with Gasteiger partial charge in [0.2, 0.25) is 5.91 Å². The molecule has 0 saturated carbocycles. The van der Waals surface area contributed by atoms with Crippen LogP contribution in [-0.2, 0) is 24.4 Å². The van der Waals surface area contributed by atoms with Gasteiger partial charge in [-0.3, -0.25) is 23.6 Å². The minimum atomic E-state index is -0.517. The molecule has 0 aliphatic carbocycles. The van der Waals surface area contributed by atoms with Crippen molar-refractivity contribution in [3.05, 3.63) is 105 Å². The van der Waals surface area contributed by atoms with Crippen molar-refractivity contribution in [2.24, 2.45) is 0 Å². The van der Waals surface area contributed by atoms with E-state index in [1.807, 2.05) is 18.2 Å². The number of carbonyl (C=O) groups is 1. The highest BCUT2D eigenvalue weighted by atomic mass is 16.3. The lowest BCUT2D eigenvalue weighted by Crippen LogP contribution is -2.50. The Kier molecular flexibility index (Phi) is 6.14. The summed E-state index contributed by atoms with van der Waals surface area (Å²) in [5.74, 6) is 0.372. The molecule has 0 N–H and O–H groups in total. The maximum absolute atomic E-state index is 13.3. The summed E-state index contributed by atoms with van der Waals surface area (Å²) in [5, 5.41) is 0.397. The smallest absolute Gasteiger partial charge is 0.332 e. The van der Waals surface area contributed by atoms with Crippen LogP contribution in [0.5, 0.6) is 0 Å². The van der Waals surface area contributed by atoms with Crippen molar-refractivity contribution in [3.63, 3.8) is 0 Å². The van der Waals surface area contributed by atoms with E-state index >= 15 is 0 Å². The molecule has 5 rings (SSSR count). The summed E-state index contributed by atoms with van der Waals surface area (Å²) in [6.07, 6.45) is 1.50. The average molecular weight is 459 g/mol. The van der Waals surface area contributed by atoms with Crippen LogP contribution in [0.2, 0.25) is 0 Å². The van der Waals surface area contributed by atoms with Crippen LogP contribution in [0.25, 0.3) is 10.9 Å². The molecule has 0 bridgehead atoms. The third-order valence-corrected chi connectivity index (χ3v) is 6.29. The van der Waals surface area contributed by atoms with Gasteiger partial charge in [-0.15, -0.1) is 0 Å². The van der Waals surface area contributed by atoms with E-state index in [1.54, 1.807) is 41.3 Å². The number of nitrogens with zero attached hydrogens (tertiary/aromatic N) is 4. The van der Waals surface area contributed by atoms with E-state index in [1.165, 1.54) is 16.4 Å².